The first-order valence-electron chi connectivity index (χ1n) is 10.1. The largest absolute Gasteiger partial charge is 0.393 e. The van der Waals surface area contributed by atoms with Crippen LogP contribution in [0.4, 0.5) is 23.1 Å². The minimum atomic E-state index is 0.532. The van der Waals surface area contributed by atoms with Crippen LogP contribution in [0, 0.1) is 0 Å². The van der Waals surface area contributed by atoms with Gasteiger partial charge in [-0.05, 0) is 37.8 Å². The molecular weight excluding hydrogens is 338 g/mol. The fourth-order valence-corrected chi connectivity index (χ4v) is 4.25. The third-order valence-electron chi connectivity index (χ3n) is 5.76. The number of hydrogen-bond donors (Lipinski definition) is 1. The predicted molar refractivity (Wildman–Crippen MR) is 110 cm³/mol. The lowest BCUT2D eigenvalue weighted by Gasteiger charge is -2.39. The summed E-state index contributed by atoms with van der Waals surface area (Å²) >= 11 is 0. The van der Waals surface area contributed by atoms with Crippen molar-refractivity contribution in [2.75, 3.05) is 53.2 Å². The van der Waals surface area contributed by atoms with Crippen LogP contribution in [0.3, 0.4) is 0 Å². The normalized spacial score (nSPS) is 20.8. The fraction of sp³-hybridized carbons (Fsp3) is 0.550. The number of pyridine rings is 1. The fourth-order valence-electron chi connectivity index (χ4n) is 4.25. The van der Waals surface area contributed by atoms with Crippen molar-refractivity contribution in [2.45, 2.75) is 38.6 Å². The van der Waals surface area contributed by atoms with Gasteiger partial charge in [0, 0.05) is 45.0 Å². The van der Waals surface area contributed by atoms with E-state index < -0.39 is 0 Å². The van der Waals surface area contributed by atoms with E-state index in [4.69, 9.17) is 5.73 Å². The molecule has 2 aliphatic heterocycles. The maximum atomic E-state index is 6.57. The zero-order valence-corrected chi connectivity index (χ0v) is 16.1. The van der Waals surface area contributed by atoms with Crippen LogP contribution in [0.1, 0.15) is 32.6 Å². The summed E-state index contributed by atoms with van der Waals surface area (Å²) in [6, 6.07) is 6.58. The van der Waals surface area contributed by atoms with E-state index in [-0.39, 0.29) is 0 Å². The Kier molecular flexibility index (Phi) is 5.27. The zero-order valence-electron chi connectivity index (χ0n) is 16.1. The van der Waals surface area contributed by atoms with E-state index in [1.54, 1.807) is 6.33 Å². The smallest absolute Gasteiger partial charge is 0.157 e. The van der Waals surface area contributed by atoms with Crippen LogP contribution in [0.15, 0.2) is 30.7 Å². The monoisotopic (exact) mass is 367 g/mol. The van der Waals surface area contributed by atoms with E-state index in [2.05, 4.69) is 42.6 Å². The van der Waals surface area contributed by atoms with Gasteiger partial charge in [-0.2, -0.15) is 0 Å². The van der Waals surface area contributed by atoms with Gasteiger partial charge in [0.1, 0.15) is 17.8 Å². The SMILES string of the molecule is CCC1CCCCN1c1ncnc(N2CCN(c3ccccn3)CC2)c1N. The number of rotatable bonds is 4. The molecule has 0 radical (unpaired) electrons. The number of anilines is 4. The van der Waals surface area contributed by atoms with Crippen molar-refractivity contribution in [3.8, 4) is 0 Å². The highest BCUT2D eigenvalue weighted by atomic mass is 15.3. The summed E-state index contributed by atoms with van der Waals surface area (Å²) in [5.74, 6) is 2.83. The Morgan fingerprint density at radius 1 is 0.963 bits per heavy atom. The van der Waals surface area contributed by atoms with Gasteiger partial charge in [0.2, 0.25) is 0 Å². The molecule has 4 heterocycles. The van der Waals surface area contributed by atoms with E-state index in [0.717, 1.165) is 62.3 Å². The van der Waals surface area contributed by atoms with Crippen molar-refractivity contribution in [1.29, 1.82) is 0 Å². The molecule has 1 atom stereocenters. The average Bonchev–Trinajstić information content (AvgIpc) is 2.75. The van der Waals surface area contributed by atoms with Gasteiger partial charge in [-0.25, -0.2) is 15.0 Å². The topological polar surface area (TPSA) is 74.4 Å². The molecule has 2 fully saturated rings. The summed E-state index contributed by atoms with van der Waals surface area (Å²) in [6.45, 7) is 6.88. The van der Waals surface area contributed by atoms with Crippen molar-refractivity contribution in [3.63, 3.8) is 0 Å². The highest BCUT2D eigenvalue weighted by Crippen LogP contribution is 2.34. The van der Waals surface area contributed by atoms with E-state index in [0.29, 0.717) is 6.04 Å². The Bertz CT molecular complexity index is 743. The second-order valence-electron chi connectivity index (χ2n) is 7.35. The lowest BCUT2D eigenvalue weighted by Crippen LogP contribution is -2.47. The molecule has 27 heavy (non-hydrogen) atoms. The molecule has 2 saturated heterocycles. The van der Waals surface area contributed by atoms with Gasteiger partial charge in [-0.15, -0.1) is 0 Å². The van der Waals surface area contributed by atoms with Gasteiger partial charge in [-0.1, -0.05) is 13.0 Å². The number of hydrogen-bond acceptors (Lipinski definition) is 7. The highest BCUT2D eigenvalue weighted by molar-refractivity contribution is 5.76. The molecule has 2 aromatic rings. The summed E-state index contributed by atoms with van der Waals surface area (Å²) in [5.41, 5.74) is 7.30. The van der Waals surface area contributed by atoms with Crippen LogP contribution in [-0.2, 0) is 0 Å². The summed E-state index contributed by atoms with van der Waals surface area (Å²) in [4.78, 5) is 20.5. The maximum absolute atomic E-state index is 6.57. The van der Waals surface area contributed by atoms with Crippen LogP contribution in [0.2, 0.25) is 0 Å². The molecule has 144 valence electrons. The van der Waals surface area contributed by atoms with Gasteiger partial charge in [-0.3, -0.25) is 0 Å². The number of aromatic nitrogens is 3. The maximum Gasteiger partial charge on any atom is 0.157 e. The summed E-state index contributed by atoms with van der Waals surface area (Å²) in [7, 11) is 0. The van der Waals surface area contributed by atoms with Gasteiger partial charge >= 0.3 is 0 Å². The second kappa shape index (κ2) is 7.98. The predicted octanol–water partition coefficient (Wildman–Crippen LogP) is 2.55. The van der Waals surface area contributed by atoms with Crippen molar-refractivity contribution in [1.82, 2.24) is 15.0 Å². The van der Waals surface area contributed by atoms with E-state index >= 15 is 0 Å². The van der Waals surface area contributed by atoms with Crippen LogP contribution >= 0.6 is 0 Å². The molecule has 2 aliphatic rings. The van der Waals surface area contributed by atoms with E-state index in [9.17, 15) is 0 Å². The molecule has 1 unspecified atom stereocenters. The summed E-state index contributed by atoms with van der Waals surface area (Å²) in [5, 5.41) is 0. The van der Waals surface area contributed by atoms with Crippen molar-refractivity contribution in [3.05, 3.63) is 30.7 Å². The quantitative estimate of drug-likeness (QED) is 0.890. The standard InChI is InChI=1S/C20H29N7/c1-2-16-7-4-6-10-27(16)20-18(21)19(23-15-24-20)26-13-11-25(12-14-26)17-8-3-5-9-22-17/h3,5,8-9,15-16H,2,4,6-7,10-14,21H2,1H3. The molecule has 2 aromatic heterocycles. The van der Waals surface area contributed by atoms with Crippen LogP contribution in [0.5, 0.6) is 0 Å². The van der Waals surface area contributed by atoms with Crippen LogP contribution < -0.4 is 20.4 Å². The zero-order chi connectivity index (χ0) is 18.6. The van der Waals surface area contributed by atoms with Gasteiger partial charge in [0.25, 0.3) is 0 Å². The second-order valence-corrected chi connectivity index (χ2v) is 7.35. The van der Waals surface area contributed by atoms with E-state index in [1.807, 2.05) is 18.3 Å². The molecule has 0 aromatic carbocycles. The molecule has 0 aliphatic carbocycles. The Labute approximate surface area is 161 Å². The minimum absolute atomic E-state index is 0.532. The Morgan fingerprint density at radius 3 is 2.48 bits per heavy atom. The van der Waals surface area contributed by atoms with Crippen molar-refractivity contribution >= 4 is 23.1 Å². The number of piperidine rings is 1. The molecular formula is C20H29N7. The average molecular weight is 368 g/mol. The van der Waals surface area contributed by atoms with Crippen molar-refractivity contribution < 1.29 is 0 Å². The highest BCUT2D eigenvalue weighted by Gasteiger charge is 2.27. The van der Waals surface area contributed by atoms with Crippen LogP contribution in [0.25, 0.3) is 0 Å². The molecule has 7 nitrogen and oxygen atoms in total. The molecule has 0 amide bonds. The Hall–Kier alpha value is -2.57. The molecule has 0 saturated carbocycles. The number of nitrogens with zero attached hydrogens (tertiary/aromatic N) is 6. The first-order chi connectivity index (χ1) is 13.3. The minimum Gasteiger partial charge on any atom is -0.393 e. The third-order valence-corrected chi connectivity index (χ3v) is 5.76. The number of nitrogen functional groups attached to an aromatic ring is 1. The molecule has 7 heteroatoms. The molecule has 4 rings (SSSR count). The van der Waals surface area contributed by atoms with Gasteiger partial charge < -0.3 is 20.4 Å². The third kappa shape index (κ3) is 3.63. The number of piperazine rings is 1. The van der Waals surface area contributed by atoms with Crippen molar-refractivity contribution in [2.24, 2.45) is 0 Å². The Balaban J connectivity index is 1.50. The molecule has 2 N–H and O–H groups in total. The summed E-state index contributed by atoms with van der Waals surface area (Å²) in [6.07, 6.45) is 8.37. The first kappa shape index (κ1) is 17.8. The summed E-state index contributed by atoms with van der Waals surface area (Å²) < 4.78 is 0. The first-order valence-corrected chi connectivity index (χ1v) is 10.1. The van der Waals surface area contributed by atoms with Gasteiger partial charge in [0.15, 0.2) is 11.6 Å². The Morgan fingerprint density at radius 2 is 1.74 bits per heavy atom. The van der Waals surface area contributed by atoms with Gasteiger partial charge in [0.05, 0.1) is 0 Å². The molecule has 0 spiro atoms. The molecule has 0 bridgehead atoms. The van der Waals surface area contributed by atoms with E-state index in [1.165, 1.54) is 19.3 Å². The lowest BCUT2D eigenvalue weighted by atomic mass is 10.00. The lowest BCUT2D eigenvalue weighted by molar-refractivity contribution is 0.447. The number of nitrogens with two attached hydrogens (primary N) is 1. The van der Waals surface area contributed by atoms with Crippen LogP contribution in [-0.4, -0.2) is 53.7 Å².